The summed E-state index contributed by atoms with van der Waals surface area (Å²) < 4.78 is 5.02. The minimum Gasteiger partial charge on any atom is -0.463 e. The molecule has 0 aromatic rings. The van der Waals surface area contributed by atoms with E-state index in [-0.39, 0.29) is 5.97 Å². The zero-order chi connectivity index (χ0) is 10.8. The Morgan fingerprint density at radius 3 is 2.43 bits per heavy atom. The topological polar surface area (TPSA) is 26.3 Å². The van der Waals surface area contributed by atoms with Gasteiger partial charge in [0.05, 0.1) is 6.61 Å². The smallest absolute Gasteiger partial charge is 0.330 e. The van der Waals surface area contributed by atoms with Gasteiger partial charge in [-0.15, -0.1) is 0 Å². The summed E-state index contributed by atoms with van der Waals surface area (Å²) in [7, 11) is 0. The molecule has 0 N–H and O–H groups in total. The number of hydrogen-bond acceptors (Lipinski definition) is 2. The van der Waals surface area contributed by atoms with Crippen molar-refractivity contribution in [3.05, 3.63) is 11.6 Å². The fraction of sp³-hybridized carbons (Fsp3) is 0.750. The van der Waals surface area contributed by atoms with Crippen molar-refractivity contribution in [2.24, 2.45) is 0 Å². The summed E-state index contributed by atoms with van der Waals surface area (Å²) in [6.45, 7) is 6.76. The second-order valence-corrected chi connectivity index (χ2v) is 3.62. The number of allylic oxidation sites excluding steroid dienone is 1. The average Bonchev–Trinajstić information content (AvgIpc) is 2.15. The molecule has 2 heteroatoms. The van der Waals surface area contributed by atoms with E-state index in [2.05, 4.69) is 13.8 Å². The minimum absolute atomic E-state index is 0.188. The summed E-state index contributed by atoms with van der Waals surface area (Å²) in [4.78, 5) is 11.2. The molecule has 0 amide bonds. The third-order valence-electron chi connectivity index (χ3n) is 2.03. The van der Waals surface area contributed by atoms with E-state index < -0.39 is 0 Å². The molecular formula is C12H22O2. The van der Waals surface area contributed by atoms with Crippen LogP contribution in [0.25, 0.3) is 0 Å². The summed E-state index contributed by atoms with van der Waals surface area (Å²) in [6, 6.07) is 0. The Kier molecular flexibility index (Phi) is 8.30. The lowest BCUT2D eigenvalue weighted by atomic mass is 10.1. The molecule has 0 radical (unpaired) electrons. The lowest BCUT2D eigenvalue weighted by Gasteiger charge is -2.01. The maximum Gasteiger partial charge on any atom is 0.330 e. The first-order valence-electron chi connectivity index (χ1n) is 5.54. The molecule has 0 aliphatic heterocycles. The van der Waals surface area contributed by atoms with Gasteiger partial charge in [0, 0.05) is 6.08 Å². The Morgan fingerprint density at radius 1 is 1.21 bits per heavy atom. The lowest BCUT2D eigenvalue weighted by molar-refractivity contribution is -0.137. The zero-order valence-corrected chi connectivity index (χ0v) is 9.64. The molecule has 0 saturated carbocycles. The van der Waals surface area contributed by atoms with Crippen molar-refractivity contribution in [3.63, 3.8) is 0 Å². The molecule has 0 bridgehead atoms. The number of unbranched alkanes of at least 4 members (excludes halogenated alkanes) is 2. The number of ether oxygens (including phenoxy) is 1. The van der Waals surface area contributed by atoms with Gasteiger partial charge in [-0.25, -0.2) is 4.79 Å². The van der Waals surface area contributed by atoms with Crippen molar-refractivity contribution in [3.8, 4) is 0 Å². The number of carbonyl (C=O) groups is 1. The van der Waals surface area contributed by atoms with E-state index in [1.165, 1.54) is 0 Å². The molecule has 0 aromatic heterocycles. The third kappa shape index (κ3) is 7.84. The minimum atomic E-state index is -0.188. The van der Waals surface area contributed by atoms with Crippen LogP contribution < -0.4 is 0 Å². The maximum atomic E-state index is 11.2. The first kappa shape index (κ1) is 13.2. The summed E-state index contributed by atoms with van der Waals surface area (Å²) >= 11 is 0. The van der Waals surface area contributed by atoms with E-state index in [1.54, 1.807) is 6.08 Å². The molecule has 0 unspecified atom stereocenters. The lowest BCUT2D eigenvalue weighted by Crippen LogP contribution is -2.02. The van der Waals surface area contributed by atoms with Gasteiger partial charge < -0.3 is 4.74 Å². The van der Waals surface area contributed by atoms with Gasteiger partial charge in [-0.1, -0.05) is 32.3 Å². The molecule has 0 aromatic carbocycles. The molecule has 0 saturated heterocycles. The van der Waals surface area contributed by atoms with Crippen molar-refractivity contribution in [1.29, 1.82) is 0 Å². The number of hydrogen-bond donors (Lipinski definition) is 0. The highest BCUT2D eigenvalue weighted by molar-refractivity contribution is 5.82. The number of rotatable bonds is 7. The van der Waals surface area contributed by atoms with E-state index in [0.29, 0.717) is 6.61 Å². The second-order valence-electron chi connectivity index (χ2n) is 3.62. The number of esters is 1. The molecule has 0 aliphatic rings. The second kappa shape index (κ2) is 8.79. The van der Waals surface area contributed by atoms with Crippen molar-refractivity contribution in [1.82, 2.24) is 0 Å². The Balaban J connectivity index is 3.66. The van der Waals surface area contributed by atoms with Gasteiger partial charge in [0.2, 0.25) is 0 Å². The van der Waals surface area contributed by atoms with E-state index in [4.69, 9.17) is 4.74 Å². The van der Waals surface area contributed by atoms with E-state index in [9.17, 15) is 4.79 Å². The molecule has 0 spiro atoms. The normalized spacial score (nSPS) is 11.5. The van der Waals surface area contributed by atoms with Crippen molar-refractivity contribution >= 4 is 5.97 Å². The molecule has 14 heavy (non-hydrogen) atoms. The summed E-state index contributed by atoms with van der Waals surface area (Å²) in [6.07, 6.45) is 6.94. The highest BCUT2D eigenvalue weighted by Crippen LogP contribution is 2.06. The van der Waals surface area contributed by atoms with Crippen molar-refractivity contribution in [2.45, 2.75) is 52.9 Å². The van der Waals surface area contributed by atoms with Gasteiger partial charge >= 0.3 is 5.97 Å². The molecule has 0 heterocycles. The first-order chi connectivity index (χ1) is 6.70. The Morgan fingerprint density at radius 2 is 1.86 bits per heavy atom. The molecule has 82 valence electrons. The monoisotopic (exact) mass is 198 g/mol. The van der Waals surface area contributed by atoms with Crippen LogP contribution in [0.3, 0.4) is 0 Å². The van der Waals surface area contributed by atoms with Crippen LogP contribution in [-0.4, -0.2) is 12.6 Å². The van der Waals surface area contributed by atoms with Crippen LogP contribution in [0.1, 0.15) is 52.9 Å². The molecule has 0 rings (SSSR count). The standard InChI is InChI=1S/C12H22O2/c1-4-6-8-11(3)10-12(13)14-9-7-5-2/h10H,4-9H2,1-3H3/b11-10+. The Hall–Kier alpha value is -0.790. The SMILES string of the molecule is CCCCOC(=O)/C=C(\C)CCCC. The maximum absolute atomic E-state index is 11.2. The molecule has 2 nitrogen and oxygen atoms in total. The van der Waals surface area contributed by atoms with Gasteiger partial charge in [-0.2, -0.15) is 0 Å². The van der Waals surface area contributed by atoms with Gasteiger partial charge in [0.15, 0.2) is 0 Å². The summed E-state index contributed by atoms with van der Waals surface area (Å²) in [5.74, 6) is -0.188. The number of carbonyl (C=O) groups excluding carboxylic acids is 1. The van der Waals surface area contributed by atoms with Crippen LogP contribution in [0.15, 0.2) is 11.6 Å². The van der Waals surface area contributed by atoms with Crippen LogP contribution >= 0.6 is 0 Å². The van der Waals surface area contributed by atoms with Crippen LogP contribution in [0.2, 0.25) is 0 Å². The van der Waals surface area contributed by atoms with Gasteiger partial charge in [-0.3, -0.25) is 0 Å². The predicted octanol–water partition coefficient (Wildman–Crippen LogP) is 3.47. The average molecular weight is 198 g/mol. The van der Waals surface area contributed by atoms with Crippen LogP contribution in [0.4, 0.5) is 0 Å². The first-order valence-corrected chi connectivity index (χ1v) is 5.54. The third-order valence-corrected chi connectivity index (χ3v) is 2.03. The van der Waals surface area contributed by atoms with E-state index in [0.717, 1.165) is 37.7 Å². The molecule has 0 fully saturated rings. The van der Waals surface area contributed by atoms with E-state index >= 15 is 0 Å². The quantitative estimate of drug-likeness (QED) is 0.356. The van der Waals surface area contributed by atoms with Gasteiger partial charge in [0.1, 0.15) is 0 Å². The summed E-state index contributed by atoms with van der Waals surface area (Å²) in [5.41, 5.74) is 1.12. The fourth-order valence-electron chi connectivity index (χ4n) is 1.09. The van der Waals surface area contributed by atoms with Crippen LogP contribution in [-0.2, 0) is 9.53 Å². The van der Waals surface area contributed by atoms with Crippen molar-refractivity contribution in [2.75, 3.05) is 6.61 Å². The Labute approximate surface area is 87.3 Å². The summed E-state index contributed by atoms with van der Waals surface area (Å²) in [5, 5.41) is 0. The highest BCUT2D eigenvalue weighted by Gasteiger charge is 1.98. The van der Waals surface area contributed by atoms with Gasteiger partial charge in [0.25, 0.3) is 0 Å². The zero-order valence-electron chi connectivity index (χ0n) is 9.64. The van der Waals surface area contributed by atoms with Crippen LogP contribution in [0.5, 0.6) is 0 Å². The van der Waals surface area contributed by atoms with Crippen molar-refractivity contribution < 1.29 is 9.53 Å². The van der Waals surface area contributed by atoms with Gasteiger partial charge in [-0.05, 0) is 26.2 Å². The highest BCUT2D eigenvalue weighted by atomic mass is 16.5. The fourth-order valence-corrected chi connectivity index (χ4v) is 1.09. The Bertz CT molecular complexity index is 183. The molecular weight excluding hydrogens is 176 g/mol. The molecule has 0 aliphatic carbocycles. The van der Waals surface area contributed by atoms with E-state index in [1.807, 2.05) is 6.92 Å². The molecule has 0 atom stereocenters. The van der Waals surface area contributed by atoms with Crippen LogP contribution in [0, 0.1) is 0 Å². The largest absolute Gasteiger partial charge is 0.463 e. The predicted molar refractivity (Wildman–Crippen MR) is 59.1 cm³/mol.